The number of halogens is 2. The Morgan fingerprint density at radius 3 is 2.79 bits per heavy atom. The Kier molecular flexibility index (Phi) is 3.91. The molecule has 1 aromatic carbocycles. The quantitative estimate of drug-likeness (QED) is 0.896. The van der Waals surface area contributed by atoms with E-state index in [1.807, 2.05) is 0 Å². The number of rotatable bonds is 2. The van der Waals surface area contributed by atoms with Crippen molar-refractivity contribution in [2.45, 2.75) is 6.54 Å². The van der Waals surface area contributed by atoms with Crippen molar-refractivity contribution in [2.24, 2.45) is 0 Å². The average molecular weight is 331 g/mol. The summed E-state index contributed by atoms with van der Waals surface area (Å²) < 4.78 is 26.0. The first kappa shape index (κ1) is 13.1. The van der Waals surface area contributed by atoms with Crippen LogP contribution in [0.2, 0.25) is 0 Å². The van der Waals surface area contributed by atoms with Crippen molar-refractivity contribution in [3.63, 3.8) is 0 Å². The molecule has 0 unspecified atom stereocenters. The third-order valence-electron chi connectivity index (χ3n) is 3.41. The van der Waals surface area contributed by atoms with Crippen LogP contribution in [0.3, 0.4) is 0 Å². The van der Waals surface area contributed by atoms with Crippen molar-refractivity contribution in [2.75, 3.05) is 39.4 Å². The molecule has 0 spiro atoms. The molecule has 3 rings (SSSR count). The number of hydrogen-bond acceptors (Lipinski definition) is 4. The Morgan fingerprint density at radius 2 is 2.00 bits per heavy atom. The second-order valence-electron chi connectivity index (χ2n) is 4.70. The number of fused-ring (bicyclic) bond motifs is 1. The predicted molar refractivity (Wildman–Crippen MR) is 73.2 cm³/mol. The molecule has 0 atom stereocenters. The monoisotopic (exact) mass is 330 g/mol. The SMILES string of the molecule is Fc1c(CN2CCNCC2)c(Br)cc2c1OCCO2. The van der Waals surface area contributed by atoms with Crippen LogP contribution < -0.4 is 14.8 Å². The Balaban J connectivity index is 1.87. The summed E-state index contributed by atoms with van der Waals surface area (Å²) in [7, 11) is 0. The van der Waals surface area contributed by atoms with Crippen molar-refractivity contribution in [3.8, 4) is 11.5 Å². The van der Waals surface area contributed by atoms with Gasteiger partial charge in [-0.05, 0) is 6.07 Å². The van der Waals surface area contributed by atoms with E-state index in [-0.39, 0.29) is 11.6 Å². The lowest BCUT2D eigenvalue weighted by Gasteiger charge is -2.28. The van der Waals surface area contributed by atoms with Gasteiger partial charge in [-0.3, -0.25) is 4.90 Å². The fraction of sp³-hybridized carbons (Fsp3) is 0.538. The van der Waals surface area contributed by atoms with Gasteiger partial charge in [-0.1, -0.05) is 15.9 Å². The van der Waals surface area contributed by atoms with Gasteiger partial charge in [0.15, 0.2) is 17.3 Å². The van der Waals surface area contributed by atoms with Crippen LogP contribution in [0, 0.1) is 5.82 Å². The molecule has 4 nitrogen and oxygen atoms in total. The minimum Gasteiger partial charge on any atom is -0.486 e. The molecule has 0 amide bonds. The fourth-order valence-electron chi connectivity index (χ4n) is 2.39. The molecule has 0 saturated carbocycles. The molecule has 0 aromatic heterocycles. The van der Waals surface area contributed by atoms with E-state index in [9.17, 15) is 4.39 Å². The fourth-order valence-corrected chi connectivity index (χ4v) is 2.90. The Hall–Kier alpha value is -0.850. The van der Waals surface area contributed by atoms with Crippen LogP contribution >= 0.6 is 15.9 Å². The third kappa shape index (κ3) is 2.70. The third-order valence-corrected chi connectivity index (χ3v) is 4.12. The second kappa shape index (κ2) is 5.64. The van der Waals surface area contributed by atoms with Crippen molar-refractivity contribution in [3.05, 3.63) is 21.9 Å². The van der Waals surface area contributed by atoms with Gasteiger partial charge in [0.25, 0.3) is 0 Å². The van der Waals surface area contributed by atoms with E-state index in [1.54, 1.807) is 6.07 Å². The van der Waals surface area contributed by atoms with E-state index in [0.717, 1.165) is 30.7 Å². The Bertz CT molecular complexity index is 478. The first-order valence-electron chi connectivity index (χ1n) is 6.45. The van der Waals surface area contributed by atoms with Gasteiger partial charge >= 0.3 is 0 Å². The zero-order chi connectivity index (χ0) is 13.2. The van der Waals surface area contributed by atoms with Gasteiger partial charge in [0.1, 0.15) is 13.2 Å². The molecule has 1 aromatic rings. The summed E-state index contributed by atoms with van der Waals surface area (Å²) in [5, 5.41) is 3.29. The maximum Gasteiger partial charge on any atom is 0.197 e. The van der Waals surface area contributed by atoms with Crippen molar-refractivity contribution in [1.82, 2.24) is 10.2 Å². The number of ether oxygens (including phenoxy) is 2. The van der Waals surface area contributed by atoms with Crippen LogP contribution in [0.5, 0.6) is 11.5 Å². The summed E-state index contributed by atoms with van der Waals surface area (Å²) in [5.41, 5.74) is 0.645. The van der Waals surface area contributed by atoms with Gasteiger partial charge in [-0.2, -0.15) is 0 Å². The van der Waals surface area contributed by atoms with Crippen LogP contribution in [0.15, 0.2) is 10.5 Å². The lowest BCUT2D eigenvalue weighted by atomic mass is 10.1. The van der Waals surface area contributed by atoms with Crippen molar-refractivity contribution in [1.29, 1.82) is 0 Å². The Morgan fingerprint density at radius 1 is 1.26 bits per heavy atom. The average Bonchev–Trinajstić information content (AvgIpc) is 2.45. The zero-order valence-electron chi connectivity index (χ0n) is 10.5. The summed E-state index contributed by atoms with van der Waals surface area (Å²) >= 11 is 3.44. The highest BCUT2D eigenvalue weighted by atomic mass is 79.9. The highest BCUT2D eigenvalue weighted by Crippen LogP contribution is 2.39. The molecule has 2 aliphatic rings. The van der Waals surface area contributed by atoms with Crippen LogP contribution in [-0.4, -0.2) is 44.3 Å². The Labute approximate surface area is 120 Å². The zero-order valence-corrected chi connectivity index (χ0v) is 12.1. The van der Waals surface area contributed by atoms with Crippen LogP contribution in [-0.2, 0) is 6.54 Å². The first-order valence-corrected chi connectivity index (χ1v) is 7.24. The van der Waals surface area contributed by atoms with Gasteiger partial charge in [0.05, 0.1) is 0 Å². The minimum atomic E-state index is -0.303. The molecule has 104 valence electrons. The largest absolute Gasteiger partial charge is 0.486 e. The molecule has 0 radical (unpaired) electrons. The maximum atomic E-state index is 14.5. The molecule has 1 fully saturated rings. The van der Waals surface area contributed by atoms with E-state index in [0.29, 0.717) is 31.1 Å². The molecule has 0 aliphatic carbocycles. The summed E-state index contributed by atoms with van der Waals surface area (Å²) in [6, 6.07) is 1.80. The molecule has 0 bridgehead atoms. The highest BCUT2D eigenvalue weighted by Gasteiger charge is 2.24. The minimum absolute atomic E-state index is 0.250. The number of nitrogens with zero attached hydrogens (tertiary/aromatic N) is 1. The van der Waals surface area contributed by atoms with Crippen LogP contribution in [0.25, 0.3) is 0 Å². The lowest BCUT2D eigenvalue weighted by molar-refractivity contribution is 0.162. The molecule has 2 aliphatic heterocycles. The molecular weight excluding hydrogens is 315 g/mol. The van der Waals surface area contributed by atoms with Gasteiger partial charge in [0.2, 0.25) is 0 Å². The van der Waals surface area contributed by atoms with E-state index in [2.05, 4.69) is 26.1 Å². The van der Waals surface area contributed by atoms with E-state index in [1.165, 1.54) is 0 Å². The number of benzene rings is 1. The summed E-state index contributed by atoms with van der Waals surface area (Å²) in [6.07, 6.45) is 0. The van der Waals surface area contributed by atoms with Gasteiger partial charge in [-0.25, -0.2) is 4.39 Å². The molecule has 19 heavy (non-hydrogen) atoms. The summed E-state index contributed by atoms with van der Waals surface area (Å²) in [6.45, 7) is 5.22. The predicted octanol–water partition coefficient (Wildman–Crippen LogP) is 1.76. The molecule has 6 heteroatoms. The topological polar surface area (TPSA) is 33.7 Å². The second-order valence-corrected chi connectivity index (χ2v) is 5.56. The number of nitrogens with one attached hydrogen (secondary N) is 1. The molecular formula is C13H16BrFN2O2. The lowest BCUT2D eigenvalue weighted by Crippen LogP contribution is -2.43. The van der Waals surface area contributed by atoms with E-state index < -0.39 is 0 Å². The summed E-state index contributed by atoms with van der Waals surface area (Å²) in [4.78, 5) is 2.23. The first-order chi connectivity index (χ1) is 9.25. The van der Waals surface area contributed by atoms with Crippen LogP contribution in [0.1, 0.15) is 5.56 Å². The normalized spacial score (nSPS) is 19.5. The van der Waals surface area contributed by atoms with Gasteiger partial charge in [0, 0.05) is 42.8 Å². The van der Waals surface area contributed by atoms with Gasteiger partial charge in [-0.15, -0.1) is 0 Å². The molecule has 2 heterocycles. The smallest absolute Gasteiger partial charge is 0.197 e. The van der Waals surface area contributed by atoms with Crippen molar-refractivity contribution < 1.29 is 13.9 Å². The van der Waals surface area contributed by atoms with E-state index >= 15 is 0 Å². The van der Waals surface area contributed by atoms with Crippen molar-refractivity contribution >= 4 is 15.9 Å². The number of hydrogen-bond donors (Lipinski definition) is 1. The van der Waals surface area contributed by atoms with Crippen LogP contribution in [0.4, 0.5) is 4.39 Å². The summed E-state index contributed by atoms with van der Waals surface area (Å²) in [5.74, 6) is 0.432. The standard InChI is InChI=1S/C13H16BrFN2O2/c14-10-7-11-13(19-6-5-18-11)12(15)9(10)8-17-3-1-16-2-4-17/h7,16H,1-6,8H2. The highest BCUT2D eigenvalue weighted by molar-refractivity contribution is 9.10. The molecule has 1 saturated heterocycles. The molecule has 1 N–H and O–H groups in total. The van der Waals surface area contributed by atoms with E-state index in [4.69, 9.17) is 9.47 Å². The van der Waals surface area contributed by atoms with Gasteiger partial charge < -0.3 is 14.8 Å². The number of piperazine rings is 1. The maximum absolute atomic E-state index is 14.5.